The molecule has 0 aliphatic carbocycles. The number of carbonyl (C=O) groups is 1. The molecule has 1 N–H and O–H groups in total. The van der Waals surface area contributed by atoms with Gasteiger partial charge in [-0.2, -0.15) is 5.10 Å². The van der Waals surface area contributed by atoms with Crippen LogP contribution in [0.15, 0.2) is 84.0 Å². The maximum absolute atomic E-state index is 12.2. The van der Waals surface area contributed by atoms with E-state index in [-0.39, 0.29) is 5.91 Å². The average molecular weight is 388 g/mol. The van der Waals surface area contributed by atoms with Crippen LogP contribution in [0.25, 0.3) is 11.1 Å². The van der Waals surface area contributed by atoms with Crippen LogP contribution in [0.4, 0.5) is 0 Å². The fraction of sp³-hybridized carbons (Fsp3) is 0.167. The van der Waals surface area contributed by atoms with Crippen LogP contribution < -0.4 is 14.9 Å². The highest BCUT2D eigenvalue weighted by atomic mass is 16.5. The first-order valence-electron chi connectivity index (χ1n) is 9.53. The van der Waals surface area contributed by atoms with Gasteiger partial charge in [0.05, 0.1) is 12.8 Å². The van der Waals surface area contributed by atoms with Crippen LogP contribution in [0.5, 0.6) is 11.5 Å². The molecule has 0 bridgehead atoms. The molecule has 0 aromatic heterocycles. The van der Waals surface area contributed by atoms with Crippen molar-refractivity contribution in [1.29, 1.82) is 0 Å². The Labute approximate surface area is 171 Å². The molecule has 0 saturated carbocycles. The lowest BCUT2D eigenvalue weighted by Gasteiger charge is -2.13. The summed E-state index contributed by atoms with van der Waals surface area (Å²) in [6.07, 6.45) is 0.907. The van der Waals surface area contributed by atoms with E-state index in [1.54, 1.807) is 13.1 Å². The zero-order valence-electron chi connectivity index (χ0n) is 16.5. The summed E-state index contributed by atoms with van der Waals surface area (Å²) < 4.78 is 11.1. The minimum Gasteiger partial charge on any atom is -0.494 e. The molecule has 1 amide bonds. The van der Waals surface area contributed by atoms with Crippen LogP contribution >= 0.6 is 0 Å². The predicted molar refractivity (Wildman–Crippen MR) is 115 cm³/mol. The molecule has 3 rings (SSSR count). The molecular weight excluding hydrogens is 364 g/mol. The van der Waals surface area contributed by atoms with Crippen LogP contribution in [0.3, 0.4) is 0 Å². The average Bonchev–Trinajstić information content (AvgIpc) is 2.76. The number of hydrazone groups is 1. The minimum atomic E-state index is -0.671. The first kappa shape index (κ1) is 20.1. The summed E-state index contributed by atoms with van der Waals surface area (Å²) in [5.74, 6) is 1.11. The standard InChI is InChI=1S/C24H24N2O3/c1-3-28-22-13-9-19(10-14-22)17-25-26-24(27)18(2)29-23-15-11-21(12-16-23)20-7-5-4-6-8-20/h4-18H,3H2,1-2H3,(H,26,27). The maximum Gasteiger partial charge on any atom is 0.280 e. The molecule has 1 unspecified atom stereocenters. The SMILES string of the molecule is CCOc1ccc(C=NNC(=O)C(C)Oc2ccc(-c3ccccc3)cc2)cc1. The largest absolute Gasteiger partial charge is 0.494 e. The number of nitrogens with zero attached hydrogens (tertiary/aromatic N) is 1. The van der Waals surface area contributed by atoms with E-state index in [1.165, 1.54) is 0 Å². The van der Waals surface area contributed by atoms with Gasteiger partial charge in [-0.3, -0.25) is 4.79 Å². The van der Waals surface area contributed by atoms with Crippen molar-refractivity contribution in [3.63, 3.8) is 0 Å². The van der Waals surface area contributed by atoms with Gasteiger partial charge in [0.25, 0.3) is 5.91 Å². The summed E-state index contributed by atoms with van der Waals surface area (Å²) >= 11 is 0. The monoisotopic (exact) mass is 388 g/mol. The van der Waals surface area contributed by atoms with E-state index in [4.69, 9.17) is 9.47 Å². The Morgan fingerprint density at radius 1 is 0.931 bits per heavy atom. The van der Waals surface area contributed by atoms with Gasteiger partial charge in [0.2, 0.25) is 0 Å². The number of ether oxygens (including phenoxy) is 2. The van der Waals surface area contributed by atoms with E-state index < -0.39 is 6.10 Å². The van der Waals surface area contributed by atoms with Gasteiger partial charge in [-0.25, -0.2) is 5.43 Å². The van der Waals surface area contributed by atoms with Crippen molar-refractivity contribution in [2.45, 2.75) is 20.0 Å². The van der Waals surface area contributed by atoms with Gasteiger partial charge in [-0.05, 0) is 66.9 Å². The third-order valence-electron chi connectivity index (χ3n) is 4.22. The number of benzene rings is 3. The predicted octanol–water partition coefficient (Wildman–Crippen LogP) is 4.67. The molecule has 0 saturated heterocycles. The van der Waals surface area contributed by atoms with E-state index in [9.17, 15) is 4.79 Å². The molecule has 1 atom stereocenters. The Morgan fingerprint density at radius 3 is 2.21 bits per heavy atom. The molecule has 5 nitrogen and oxygen atoms in total. The lowest BCUT2D eigenvalue weighted by atomic mass is 10.1. The Balaban J connectivity index is 1.51. The number of hydrogen-bond donors (Lipinski definition) is 1. The van der Waals surface area contributed by atoms with E-state index in [1.807, 2.05) is 85.8 Å². The molecule has 0 heterocycles. The fourth-order valence-corrected chi connectivity index (χ4v) is 2.69. The molecule has 0 spiro atoms. The smallest absolute Gasteiger partial charge is 0.280 e. The van der Waals surface area contributed by atoms with E-state index in [2.05, 4.69) is 10.5 Å². The van der Waals surface area contributed by atoms with Crippen molar-refractivity contribution in [2.24, 2.45) is 5.10 Å². The van der Waals surface area contributed by atoms with Crippen molar-refractivity contribution < 1.29 is 14.3 Å². The van der Waals surface area contributed by atoms with Gasteiger partial charge >= 0.3 is 0 Å². The highest BCUT2D eigenvalue weighted by Gasteiger charge is 2.13. The molecule has 148 valence electrons. The zero-order valence-corrected chi connectivity index (χ0v) is 16.5. The van der Waals surface area contributed by atoms with Crippen LogP contribution in [0, 0.1) is 0 Å². The molecule has 3 aromatic rings. The molecule has 0 aliphatic rings. The minimum absolute atomic E-state index is 0.320. The third-order valence-corrected chi connectivity index (χ3v) is 4.22. The number of nitrogens with one attached hydrogen (secondary N) is 1. The molecule has 29 heavy (non-hydrogen) atoms. The lowest BCUT2D eigenvalue weighted by molar-refractivity contribution is -0.127. The number of hydrogen-bond acceptors (Lipinski definition) is 4. The summed E-state index contributed by atoms with van der Waals surface area (Å²) in [7, 11) is 0. The Kier molecular flexibility index (Phi) is 7.00. The van der Waals surface area contributed by atoms with Gasteiger partial charge in [0.15, 0.2) is 6.10 Å². The molecule has 0 fully saturated rings. The second-order valence-electron chi connectivity index (χ2n) is 6.39. The van der Waals surface area contributed by atoms with Gasteiger partial charge in [0.1, 0.15) is 11.5 Å². The van der Waals surface area contributed by atoms with Crippen molar-refractivity contribution in [3.05, 3.63) is 84.4 Å². The molecule has 5 heteroatoms. The summed E-state index contributed by atoms with van der Waals surface area (Å²) in [4.78, 5) is 12.2. The molecule has 0 radical (unpaired) electrons. The summed E-state index contributed by atoms with van der Waals surface area (Å²) in [6.45, 7) is 4.25. The number of rotatable bonds is 8. The Bertz CT molecular complexity index is 936. The molecule has 0 aliphatic heterocycles. The van der Waals surface area contributed by atoms with E-state index >= 15 is 0 Å². The van der Waals surface area contributed by atoms with Gasteiger partial charge in [-0.15, -0.1) is 0 Å². The Morgan fingerprint density at radius 2 is 1.55 bits per heavy atom. The first-order valence-corrected chi connectivity index (χ1v) is 9.53. The van der Waals surface area contributed by atoms with Crippen molar-refractivity contribution in [3.8, 4) is 22.6 Å². The third kappa shape index (κ3) is 5.94. The number of amides is 1. The molecular formula is C24H24N2O3. The van der Waals surface area contributed by atoms with E-state index in [0.29, 0.717) is 12.4 Å². The van der Waals surface area contributed by atoms with Crippen LogP contribution in [0.2, 0.25) is 0 Å². The van der Waals surface area contributed by atoms with Crippen LogP contribution in [-0.2, 0) is 4.79 Å². The van der Waals surface area contributed by atoms with Gasteiger partial charge in [-0.1, -0.05) is 42.5 Å². The van der Waals surface area contributed by atoms with Crippen LogP contribution in [0.1, 0.15) is 19.4 Å². The highest BCUT2D eigenvalue weighted by molar-refractivity contribution is 5.84. The molecule has 3 aromatic carbocycles. The number of carbonyl (C=O) groups excluding carboxylic acids is 1. The fourth-order valence-electron chi connectivity index (χ4n) is 2.69. The highest BCUT2D eigenvalue weighted by Crippen LogP contribution is 2.22. The summed E-state index contributed by atoms with van der Waals surface area (Å²) in [5.41, 5.74) is 5.59. The van der Waals surface area contributed by atoms with Crippen molar-refractivity contribution >= 4 is 12.1 Å². The van der Waals surface area contributed by atoms with Gasteiger partial charge < -0.3 is 9.47 Å². The summed E-state index contributed by atoms with van der Waals surface area (Å²) in [5, 5.41) is 3.99. The second kappa shape index (κ2) is 10.1. The van der Waals surface area contributed by atoms with Gasteiger partial charge in [0, 0.05) is 0 Å². The van der Waals surface area contributed by atoms with Crippen molar-refractivity contribution in [1.82, 2.24) is 5.43 Å². The quantitative estimate of drug-likeness (QED) is 0.451. The first-order chi connectivity index (χ1) is 14.2. The maximum atomic E-state index is 12.2. The lowest BCUT2D eigenvalue weighted by Crippen LogP contribution is -2.33. The second-order valence-corrected chi connectivity index (χ2v) is 6.39. The summed E-state index contributed by atoms with van der Waals surface area (Å²) in [6, 6.07) is 25.2. The van der Waals surface area contributed by atoms with Crippen molar-refractivity contribution in [2.75, 3.05) is 6.61 Å². The Hall–Kier alpha value is -3.60. The topological polar surface area (TPSA) is 59.9 Å². The van der Waals surface area contributed by atoms with E-state index in [0.717, 1.165) is 22.4 Å². The zero-order chi connectivity index (χ0) is 20.5. The normalized spacial score (nSPS) is 11.8. The van der Waals surface area contributed by atoms with Crippen LogP contribution in [-0.4, -0.2) is 24.8 Å².